The maximum atomic E-state index is 13.8. The number of amides is 2. The summed E-state index contributed by atoms with van der Waals surface area (Å²) in [6, 6.07) is 16.8. The second-order valence-corrected chi connectivity index (χ2v) is 11.3. The SMILES string of the molecule is CNC(=O)[C@@H](C)N(Cc1cccc(OC)c1)C(=O)CN(c1ccc(Cl)c(Cl)c1)S(=O)(=O)c1ccc(C)cc1. The molecule has 0 fully saturated rings. The van der Waals surface area contributed by atoms with Gasteiger partial charge in [0.05, 0.1) is 27.7 Å². The number of methoxy groups -OCH3 is 1. The summed E-state index contributed by atoms with van der Waals surface area (Å²) in [6.45, 7) is 2.88. The summed E-state index contributed by atoms with van der Waals surface area (Å²) in [4.78, 5) is 27.7. The zero-order valence-electron chi connectivity index (χ0n) is 21.4. The molecular formula is C27H29Cl2N3O5S. The number of ether oxygens (including phenoxy) is 1. The normalized spacial score (nSPS) is 11.9. The summed E-state index contributed by atoms with van der Waals surface area (Å²) in [5.41, 5.74) is 1.74. The van der Waals surface area contributed by atoms with Crippen molar-refractivity contribution < 1.29 is 22.7 Å². The molecule has 3 aromatic rings. The summed E-state index contributed by atoms with van der Waals surface area (Å²) >= 11 is 12.3. The summed E-state index contributed by atoms with van der Waals surface area (Å²) in [7, 11) is -1.20. The number of nitrogens with zero attached hydrogens (tertiary/aromatic N) is 2. The second kappa shape index (κ2) is 12.5. The van der Waals surface area contributed by atoms with Crippen LogP contribution in [0.25, 0.3) is 0 Å². The third-order valence-electron chi connectivity index (χ3n) is 5.98. The smallest absolute Gasteiger partial charge is 0.264 e. The van der Waals surface area contributed by atoms with E-state index in [9.17, 15) is 18.0 Å². The molecule has 11 heteroatoms. The van der Waals surface area contributed by atoms with Crippen molar-refractivity contribution in [3.63, 3.8) is 0 Å². The number of likely N-dealkylation sites (N-methyl/N-ethyl adjacent to an activating group) is 1. The minimum absolute atomic E-state index is 0.000618. The Hall–Kier alpha value is -3.27. The van der Waals surface area contributed by atoms with Gasteiger partial charge in [0.2, 0.25) is 11.8 Å². The molecule has 0 heterocycles. The van der Waals surface area contributed by atoms with E-state index < -0.39 is 34.4 Å². The first-order chi connectivity index (χ1) is 18.0. The van der Waals surface area contributed by atoms with Gasteiger partial charge in [-0.25, -0.2) is 8.42 Å². The van der Waals surface area contributed by atoms with E-state index in [0.717, 1.165) is 9.87 Å². The number of rotatable bonds is 10. The molecule has 0 unspecified atom stereocenters. The minimum atomic E-state index is -4.20. The van der Waals surface area contributed by atoms with Crippen LogP contribution in [0.5, 0.6) is 5.75 Å². The van der Waals surface area contributed by atoms with Gasteiger partial charge in [-0.15, -0.1) is 0 Å². The molecule has 1 N–H and O–H groups in total. The van der Waals surface area contributed by atoms with Crippen LogP contribution in [0.1, 0.15) is 18.1 Å². The van der Waals surface area contributed by atoms with E-state index >= 15 is 0 Å². The van der Waals surface area contributed by atoms with Gasteiger partial charge in [-0.2, -0.15) is 0 Å². The highest BCUT2D eigenvalue weighted by atomic mass is 35.5. The molecule has 0 aliphatic carbocycles. The third kappa shape index (κ3) is 6.78. The average molecular weight is 579 g/mol. The average Bonchev–Trinajstić information content (AvgIpc) is 2.91. The fourth-order valence-electron chi connectivity index (χ4n) is 3.77. The van der Waals surface area contributed by atoms with E-state index in [0.29, 0.717) is 11.3 Å². The molecule has 2 amide bonds. The molecule has 1 atom stereocenters. The van der Waals surface area contributed by atoms with Crippen molar-refractivity contribution in [2.45, 2.75) is 31.3 Å². The van der Waals surface area contributed by atoms with Crippen LogP contribution in [0.4, 0.5) is 5.69 Å². The maximum absolute atomic E-state index is 13.8. The number of hydrogen-bond donors (Lipinski definition) is 1. The van der Waals surface area contributed by atoms with Crippen molar-refractivity contribution >= 4 is 50.7 Å². The monoisotopic (exact) mass is 577 g/mol. The number of aryl methyl sites for hydroxylation is 1. The molecule has 0 aliphatic heterocycles. The molecule has 202 valence electrons. The number of anilines is 1. The van der Waals surface area contributed by atoms with Gasteiger partial charge in [0.1, 0.15) is 18.3 Å². The highest BCUT2D eigenvalue weighted by molar-refractivity contribution is 7.92. The van der Waals surface area contributed by atoms with Crippen LogP contribution < -0.4 is 14.4 Å². The van der Waals surface area contributed by atoms with Crippen molar-refractivity contribution in [1.29, 1.82) is 0 Å². The Labute approximate surface area is 233 Å². The van der Waals surface area contributed by atoms with Crippen LogP contribution in [0.2, 0.25) is 10.0 Å². The topological polar surface area (TPSA) is 96.0 Å². The quantitative estimate of drug-likeness (QED) is 0.378. The molecule has 0 radical (unpaired) electrons. The maximum Gasteiger partial charge on any atom is 0.264 e. The first-order valence-corrected chi connectivity index (χ1v) is 13.9. The lowest BCUT2D eigenvalue weighted by atomic mass is 10.1. The molecule has 0 saturated heterocycles. The van der Waals surface area contributed by atoms with E-state index in [1.807, 2.05) is 6.92 Å². The first-order valence-electron chi connectivity index (χ1n) is 11.7. The fourth-order valence-corrected chi connectivity index (χ4v) is 5.46. The Kier molecular flexibility index (Phi) is 9.65. The van der Waals surface area contributed by atoms with E-state index in [4.69, 9.17) is 27.9 Å². The first kappa shape index (κ1) is 29.3. The summed E-state index contributed by atoms with van der Waals surface area (Å²) < 4.78 is 33.8. The van der Waals surface area contributed by atoms with Gasteiger partial charge in [-0.05, 0) is 61.9 Å². The Bertz CT molecular complexity index is 1410. The number of carbonyl (C=O) groups is 2. The van der Waals surface area contributed by atoms with Crippen molar-refractivity contribution in [2.75, 3.05) is 25.0 Å². The van der Waals surface area contributed by atoms with Crippen molar-refractivity contribution in [2.24, 2.45) is 0 Å². The predicted octanol–water partition coefficient (Wildman–Crippen LogP) is 4.67. The van der Waals surface area contributed by atoms with Crippen LogP contribution in [0.3, 0.4) is 0 Å². The lowest BCUT2D eigenvalue weighted by Gasteiger charge is -2.32. The lowest BCUT2D eigenvalue weighted by Crippen LogP contribution is -2.50. The van der Waals surface area contributed by atoms with E-state index in [-0.39, 0.29) is 27.2 Å². The Balaban J connectivity index is 2.06. The molecule has 0 spiro atoms. The fraction of sp³-hybridized carbons (Fsp3) is 0.259. The standard InChI is InChI=1S/C27H29Cl2N3O5S/c1-18-8-11-23(12-9-18)38(35,36)32(21-10-13-24(28)25(29)15-21)17-26(33)31(19(2)27(34)30-3)16-20-6-5-7-22(14-20)37-4/h5-15,19H,16-17H2,1-4H3,(H,30,34)/t19-/m1/s1. The summed E-state index contributed by atoms with van der Waals surface area (Å²) in [6.07, 6.45) is 0. The van der Waals surface area contributed by atoms with Crippen LogP contribution in [0, 0.1) is 6.92 Å². The summed E-state index contributed by atoms with van der Waals surface area (Å²) in [5.74, 6) is -0.406. The van der Waals surface area contributed by atoms with Gasteiger partial charge in [0.15, 0.2) is 0 Å². The molecular weight excluding hydrogens is 549 g/mol. The van der Waals surface area contributed by atoms with Gasteiger partial charge >= 0.3 is 0 Å². The number of benzene rings is 3. The third-order valence-corrected chi connectivity index (χ3v) is 8.51. The number of nitrogens with one attached hydrogen (secondary N) is 1. The van der Waals surface area contributed by atoms with Gasteiger partial charge in [-0.3, -0.25) is 13.9 Å². The highest BCUT2D eigenvalue weighted by Crippen LogP contribution is 2.31. The second-order valence-electron chi connectivity index (χ2n) is 8.59. The Morgan fingerprint density at radius 3 is 2.29 bits per heavy atom. The molecule has 38 heavy (non-hydrogen) atoms. The number of carbonyl (C=O) groups excluding carboxylic acids is 2. The largest absolute Gasteiger partial charge is 0.497 e. The molecule has 0 saturated carbocycles. The molecule has 0 bridgehead atoms. The van der Waals surface area contributed by atoms with E-state index in [2.05, 4.69) is 5.32 Å². The van der Waals surface area contributed by atoms with Crippen LogP contribution >= 0.6 is 23.2 Å². The van der Waals surface area contributed by atoms with E-state index in [1.54, 1.807) is 43.3 Å². The minimum Gasteiger partial charge on any atom is -0.497 e. The van der Waals surface area contributed by atoms with E-state index in [1.165, 1.54) is 49.4 Å². The number of hydrogen-bond acceptors (Lipinski definition) is 5. The van der Waals surface area contributed by atoms with Crippen molar-refractivity contribution in [1.82, 2.24) is 10.2 Å². The number of halogens is 2. The number of sulfonamides is 1. The van der Waals surface area contributed by atoms with Crippen molar-refractivity contribution in [3.8, 4) is 5.75 Å². The predicted molar refractivity (Wildman–Crippen MR) is 149 cm³/mol. The zero-order valence-corrected chi connectivity index (χ0v) is 23.8. The molecule has 3 rings (SSSR count). The van der Waals surface area contributed by atoms with Crippen LogP contribution in [0.15, 0.2) is 71.6 Å². The van der Waals surface area contributed by atoms with Gasteiger partial charge in [0.25, 0.3) is 10.0 Å². The molecule has 3 aromatic carbocycles. The van der Waals surface area contributed by atoms with Crippen LogP contribution in [-0.2, 0) is 26.2 Å². The van der Waals surface area contributed by atoms with Gasteiger partial charge in [0, 0.05) is 13.6 Å². The van der Waals surface area contributed by atoms with Crippen LogP contribution in [-0.4, -0.2) is 51.9 Å². The molecule has 0 aliphatic rings. The lowest BCUT2D eigenvalue weighted by molar-refractivity contribution is -0.139. The Morgan fingerprint density at radius 2 is 1.68 bits per heavy atom. The summed E-state index contributed by atoms with van der Waals surface area (Å²) in [5, 5.41) is 2.92. The van der Waals surface area contributed by atoms with Gasteiger partial charge in [-0.1, -0.05) is 53.0 Å². The molecule has 0 aromatic heterocycles. The molecule has 8 nitrogen and oxygen atoms in total. The Morgan fingerprint density at radius 1 is 1.00 bits per heavy atom. The van der Waals surface area contributed by atoms with Crippen molar-refractivity contribution in [3.05, 3.63) is 87.9 Å². The highest BCUT2D eigenvalue weighted by Gasteiger charge is 2.32. The zero-order chi connectivity index (χ0) is 28.0. The van der Waals surface area contributed by atoms with Gasteiger partial charge < -0.3 is 15.0 Å².